The Morgan fingerprint density at radius 1 is 0.914 bits per heavy atom. The van der Waals surface area contributed by atoms with Crippen LogP contribution in [0, 0.1) is 12.8 Å². The molecule has 35 heavy (non-hydrogen) atoms. The molecule has 0 aromatic heterocycles. The van der Waals surface area contributed by atoms with Crippen LogP contribution in [0.3, 0.4) is 0 Å². The Kier molecular flexibility index (Phi) is 7.19. The van der Waals surface area contributed by atoms with E-state index in [0.29, 0.717) is 0 Å². The number of aryl methyl sites for hydroxylation is 2. The van der Waals surface area contributed by atoms with E-state index in [1.807, 2.05) is 0 Å². The van der Waals surface area contributed by atoms with E-state index in [4.69, 9.17) is 12.6 Å². The molecule has 3 aromatic carbocycles. The van der Waals surface area contributed by atoms with Gasteiger partial charge in [0.2, 0.25) is 0 Å². The fraction of sp³-hybridized carbons (Fsp3) is 0.324. The molecular weight excluding hydrogens is 440 g/mol. The van der Waals surface area contributed by atoms with Gasteiger partial charge in [0.05, 0.1) is 0 Å². The van der Waals surface area contributed by atoms with Crippen molar-refractivity contribution >= 4 is 29.3 Å². The second kappa shape index (κ2) is 10.5. The van der Waals surface area contributed by atoms with Crippen LogP contribution in [0.4, 0.5) is 0 Å². The van der Waals surface area contributed by atoms with E-state index in [1.165, 1.54) is 82.2 Å². The Balaban J connectivity index is 1.65. The van der Waals surface area contributed by atoms with Gasteiger partial charge in [0.15, 0.2) is 0 Å². The molecule has 0 radical (unpaired) electrons. The molecule has 0 atom stereocenters. The summed E-state index contributed by atoms with van der Waals surface area (Å²) in [5, 5.41) is 0. The number of hydrogen-bond donors (Lipinski definition) is 1. The molecule has 0 heterocycles. The van der Waals surface area contributed by atoms with Crippen LogP contribution in [-0.4, -0.2) is 0 Å². The molecule has 2 aliphatic rings. The molecule has 0 nitrogen and oxygen atoms in total. The van der Waals surface area contributed by atoms with E-state index in [9.17, 15) is 0 Å². The third-order valence-electron chi connectivity index (χ3n) is 7.97. The van der Waals surface area contributed by atoms with Crippen LogP contribution in [0.15, 0.2) is 77.9 Å². The van der Waals surface area contributed by atoms with E-state index in [1.54, 1.807) is 0 Å². The van der Waals surface area contributed by atoms with E-state index in [-0.39, 0.29) is 0 Å². The second-order valence-corrected chi connectivity index (χ2v) is 10.9. The highest BCUT2D eigenvalue weighted by molar-refractivity contribution is 7.80. The monoisotopic (exact) mass is 476 g/mol. The predicted octanol–water partition coefficient (Wildman–Crippen LogP) is 9.50. The number of thiol groups is 1. The number of rotatable bonds is 5. The van der Waals surface area contributed by atoms with Crippen LogP contribution in [0.2, 0.25) is 0 Å². The first-order valence-corrected chi connectivity index (χ1v) is 13.6. The summed E-state index contributed by atoms with van der Waals surface area (Å²) in [7, 11) is 0. The van der Waals surface area contributed by atoms with Crippen molar-refractivity contribution in [1.29, 1.82) is 0 Å². The van der Waals surface area contributed by atoms with Crippen molar-refractivity contribution in [2.24, 2.45) is 5.92 Å². The third-order valence-corrected chi connectivity index (χ3v) is 8.34. The van der Waals surface area contributed by atoms with Gasteiger partial charge in [0.1, 0.15) is 0 Å². The molecule has 0 N–H and O–H groups in total. The quantitative estimate of drug-likeness (QED) is 0.275. The standard InChI is InChI=1S/C34H36S/c1-4-24(3)28-17-19-30-29(22-28)10-7-11-32(31-18-12-23(2)20-33(31)35)34(30)27-15-13-26(14-16-27)21-25-8-5-6-9-25/h12-20,22,25,35H,1,5-11,21H2,2-3H3. The summed E-state index contributed by atoms with van der Waals surface area (Å²) in [5.74, 6) is 0.869. The van der Waals surface area contributed by atoms with Crippen LogP contribution in [0.5, 0.6) is 0 Å². The minimum atomic E-state index is 0.869. The largest absolute Gasteiger partial charge is 0.143 e. The number of benzene rings is 3. The van der Waals surface area contributed by atoms with E-state index >= 15 is 0 Å². The normalized spacial score (nSPS) is 16.1. The lowest BCUT2D eigenvalue weighted by Gasteiger charge is -2.19. The van der Waals surface area contributed by atoms with Crippen molar-refractivity contribution in [3.8, 4) is 0 Å². The molecule has 178 valence electrons. The van der Waals surface area contributed by atoms with Crippen molar-refractivity contribution in [1.82, 2.24) is 0 Å². The van der Waals surface area contributed by atoms with Crippen molar-refractivity contribution in [3.63, 3.8) is 0 Å². The molecule has 0 saturated heterocycles. The Morgan fingerprint density at radius 2 is 1.66 bits per heavy atom. The smallest absolute Gasteiger partial charge is 0.0118 e. The van der Waals surface area contributed by atoms with Crippen LogP contribution < -0.4 is 0 Å². The van der Waals surface area contributed by atoms with Crippen molar-refractivity contribution in [2.75, 3.05) is 0 Å². The maximum atomic E-state index is 4.92. The van der Waals surface area contributed by atoms with E-state index in [2.05, 4.69) is 86.8 Å². The zero-order valence-corrected chi connectivity index (χ0v) is 22.1. The average molecular weight is 477 g/mol. The van der Waals surface area contributed by atoms with Crippen LogP contribution in [0.1, 0.15) is 84.4 Å². The Morgan fingerprint density at radius 3 is 2.37 bits per heavy atom. The Bertz CT molecular complexity index is 1310. The second-order valence-electron chi connectivity index (χ2n) is 10.5. The highest BCUT2D eigenvalue weighted by Gasteiger charge is 2.22. The minimum Gasteiger partial charge on any atom is -0.143 e. The molecule has 0 unspecified atom stereocenters. The highest BCUT2D eigenvalue weighted by Crippen LogP contribution is 2.42. The first-order chi connectivity index (χ1) is 17.0. The molecular formula is C34H36S. The Labute approximate surface area is 216 Å². The predicted molar refractivity (Wildman–Crippen MR) is 154 cm³/mol. The van der Waals surface area contributed by atoms with Crippen molar-refractivity contribution in [3.05, 3.63) is 112 Å². The SMILES string of the molecule is C=C=C(C)c1ccc2c(c1)CCCC(c1ccc(C)cc1S)=C2c1ccc(CC2CCCC2)cc1. The van der Waals surface area contributed by atoms with E-state index in [0.717, 1.165) is 35.6 Å². The molecule has 0 amide bonds. The molecule has 5 rings (SSSR count). The van der Waals surface area contributed by atoms with Crippen LogP contribution in [-0.2, 0) is 12.8 Å². The summed E-state index contributed by atoms with van der Waals surface area (Å²) in [4.78, 5) is 1.07. The molecule has 1 heteroatoms. The first-order valence-electron chi connectivity index (χ1n) is 13.2. The van der Waals surface area contributed by atoms with Gasteiger partial charge in [-0.25, -0.2) is 0 Å². The Hall–Kier alpha value is -2.73. The van der Waals surface area contributed by atoms with Gasteiger partial charge in [-0.1, -0.05) is 86.9 Å². The summed E-state index contributed by atoms with van der Waals surface area (Å²) < 4.78 is 0. The average Bonchev–Trinajstić information content (AvgIpc) is 3.30. The van der Waals surface area contributed by atoms with Gasteiger partial charge >= 0.3 is 0 Å². The lowest BCUT2D eigenvalue weighted by molar-refractivity contribution is 0.546. The van der Waals surface area contributed by atoms with Gasteiger partial charge in [0.25, 0.3) is 0 Å². The molecule has 0 spiro atoms. The zero-order valence-electron chi connectivity index (χ0n) is 21.2. The van der Waals surface area contributed by atoms with Gasteiger partial charge in [-0.2, -0.15) is 0 Å². The van der Waals surface area contributed by atoms with Gasteiger partial charge in [-0.15, -0.1) is 18.4 Å². The number of fused-ring (bicyclic) bond motifs is 1. The summed E-state index contributed by atoms with van der Waals surface area (Å²) in [6.45, 7) is 8.10. The highest BCUT2D eigenvalue weighted by atomic mass is 32.1. The first kappa shape index (κ1) is 24.0. The fourth-order valence-electron chi connectivity index (χ4n) is 5.97. The molecule has 0 aliphatic heterocycles. The maximum Gasteiger partial charge on any atom is 0.0118 e. The molecule has 2 aliphatic carbocycles. The lowest BCUT2D eigenvalue weighted by atomic mass is 9.86. The molecule has 1 fully saturated rings. The van der Waals surface area contributed by atoms with Gasteiger partial charge in [0, 0.05) is 4.90 Å². The van der Waals surface area contributed by atoms with Crippen molar-refractivity contribution in [2.45, 2.75) is 70.1 Å². The number of hydrogen-bond acceptors (Lipinski definition) is 1. The molecule has 3 aromatic rings. The summed E-state index contributed by atoms with van der Waals surface area (Å²) >= 11 is 4.92. The van der Waals surface area contributed by atoms with Crippen LogP contribution >= 0.6 is 12.6 Å². The van der Waals surface area contributed by atoms with E-state index < -0.39 is 0 Å². The molecule has 0 bridgehead atoms. The maximum absolute atomic E-state index is 4.92. The topological polar surface area (TPSA) is 0 Å². The third kappa shape index (κ3) is 5.13. The fourth-order valence-corrected chi connectivity index (χ4v) is 6.39. The summed E-state index contributed by atoms with van der Waals surface area (Å²) in [6, 6.07) is 23.1. The van der Waals surface area contributed by atoms with Gasteiger partial charge in [-0.05, 0) is 107 Å². The van der Waals surface area contributed by atoms with Gasteiger partial charge < -0.3 is 0 Å². The van der Waals surface area contributed by atoms with Crippen molar-refractivity contribution < 1.29 is 0 Å². The molecule has 1 saturated carbocycles. The lowest BCUT2D eigenvalue weighted by Crippen LogP contribution is -2.00. The summed E-state index contributed by atoms with van der Waals surface area (Å²) in [6.07, 6.45) is 10.1. The zero-order chi connectivity index (χ0) is 24.4. The summed E-state index contributed by atoms with van der Waals surface area (Å²) in [5.41, 5.74) is 16.3. The number of allylic oxidation sites excluding steroid dienone is 2. The minimum absolute atomic E-state index is 0.869. The van der Waals surface area contributed by atoms with Crippen LogP contribution in [0.25, 0.3) is 16.7 Å². The van der Waals surface area contributed by atoms with Gasteiger partial charge in [-0.3, -0.25) is 0 Å².